The van der Waals surface area contributed by atoms with E-state index in [1.807, 2.05) is 0 Å². The van der Waals surface area contributed by atoms with Gasteiger partial charge in [0.05, 0.1) is 11.8 Å². The van der Waals surface area contributed by atoms with E-state index in [2.05, 4.69) is 34.7 Å². The second-order valence-electron chi connectivity index (χ2n) is 11.0. The lowest BCUT2D eigenvalue weighted by atomic mass is 9.77. The van der Waals surface area contributed by atoms with Gasteiger partial charge >= 0.3 is 0 Å². The van der Waals surface area contributed by atoms with Crippen LogP contribution in [0.15, 0.2) is 0 Å². The van der Waals surface area contributed by atoms with Crippen LogP contribution in [0.3, 0.4) is 0 Å². The van der Waals surface area contributed by atoms with Crippen molar-refractivity contribution in [3.8, 4) is 0 Å². The summed E-state index contributed by atoms with van der Waals surface area (Å²) in [7, 11) is 0. The van der Waals surface area contributed by atoms with E-state index >= 15 is 0 Å². The second kappa shape index (κ2) is 8.58. The number of hydrogen-bond acceptors (Lipinski definition) is 5. The summed E-state index contributed by atoms with van der Waals surface area (Å²) in [6.45, 7) is 8.79. The second-order valence-corrected chi connectivity index (χ2v) is 11.0. The highest BCUT2D eigenvalue weighted by Crippen LogP contribution is 2.43. The molecule has 30 heavy (non-hydrogen) atoms. The van der Waals surface area contributed by atoms with Gasteiger partial charge in [-0.2, -0.15) is 0 Å². The molecule has 6 heteroatoms. The van der Waals surface area contributed by atoms with Crippen LogP contribution in [0.4, 0.5) is 4.39 Å². The number of ether oxygens (including phenoxy) is 1. The zero-order chi connectivity index (χ0) is 20.8. The molecule has 1 aliphatic carbocycles. The summed E-state index contributed by atoms with van der Waals surface area (Å²) < 4.78 is 21.2. The van der Waals surface area contributed by atoms with E-state index in [9.17, 15) is 4.39 Å². The number of fused-ring (bicyclic) bond motifs is 7. The van der Waals surface area contributed by atoms with Gasteiger partial charge in [0.1, 0.15) is 6.17 Å². The molecule has 4 heterocycles. The first-order chi connectivity index (χ1) is 14.5. The molecule has 0 aromatic rings. The van der Waals surface area contributed by atoms with Gasteiger partial charge in [-0.15, -0.1) is 0 Å². The standard InChI is InChI=1S/C24H43FN4O/c1-3-24-10-8-22-23(2,28-18(16-27-24)9-12-26-22)11-14-30-21-7-6-17(25)15-19(21)20-5-4-13-29(20)24/h17-22,26-28H,3-16H2,1-2H3/t17?,18?,19?,20-,21?,22?,23-,24?/m1/s1. The van der Waals surface area contributed by atoms with Crippen LogP contribution in [0.1, 0.15) is 78.1 Å². The van der Waals surface area contributed by atoms with Crippen LogP contribution in [0.2, 0.25) is 0 Å². The Bertz CT molecular complexity index is 608. The Morgan fingerprint density at radius 1 is 1.13 bits per heavy atom. The van der Waals surface area contributed by atoms with E-state index < -0.39 is 6.17 Å². The van der Waals surface area contributed by atoms with Crippen LogP contribution in [0.25, 0.3) is 0 Å². The van der Waals surface area contributed by atoms with E-state index in [1.54, 1.807) is 0 Å². The molecular formula is C24H43FN4O. The molecule has 0 spiro atoms. The monoisotopic (exact) mass is 422 g/mol. The molecular weight excluding hydrogens is 379 g/mol. The normalized spacial score (nSPS) is 50.5. The van der Waals surface area contributed by atoms with Crippen molar-refractivity contribution in [3.63, 3.8) is 0 Å². The molecule has 4 aliphatic heterocycles. The van der Waals surface area contributed by atoms with Crippen LogP contribution in [-0.2, 0) is 4.74 Å². The van der Waals surface area contributed by atoms with Crippen molar-refractivity contribution in [1.29, 1.82) is 0 Å². The zero-order valence-corrected chi connectivity index (χ0v) is 19.1. The van der Waals surface area contributed by atoms with Gasteiger partial charge in [0, 0.05) is 49.3 Å². The van der Waals surface area contributed by atoms with Crippen LogP contribution in [-0.4, -0.2) is 72.7 Å². The van der Waals surface area contributed by atoms with Crippen molar-refractivity contribution in [2.24, 2.45) is 5.92 Å². The molecule has 0 aromatic heterocycles. The number of rotatable bonds is 1. The summed E-state index contributed by atoms with van der Waals surface area (Å²) in [4.78, 5) is 2.78. The molecule has 4 bridgehead atoms. The SMILES string of the molecule is CCC12CCC3NCCC(CN1)N[C@]3(C)CCOC1CCC(F)CC1[C@H]1CCCN12. The Morgan fingerprint density at radius 3 is 2.90 bits per heavy atom. The molecule has 5 nitrogen and oxygen atoms in total. The van der Waals surface area contributed by atoms with Crippen LogP contribution < -0.4 is 16.0 Å². The molecule has 0 aromatic carbocycles. The van der Waals surface area contributed by atoms with E-state index in [1.165, 1.54) is 25.7 Å². The van der Waals surface area contributed by atoms with E-state index in [0.29, 0.717) is 36.9 Å². The van der Waals surface area contributed by atoms with Crippen molar-refractivity contribution < 1.29 is 9.13 Å². The van der Waals surface area contributed by atoms with Gasteiger partial charge in [-0.3, -0.25) is 10.2 Å². The molecule has 5 rings (SSSR count). The number of hydrogen-bond donors (Lipinski definition) is 3. The lowest BCUT2D eigenvalue weighted by Crippen LogP contribution is -2.64. The van der Waals surface area contributed by atoms with Crippen molar-refractivity contribution in [2.75, 3.05) is 26.2 Å². The highest BCUT2D eigenvalue weighted by atomic mass is 19.1. The van der Waals surface area contributed by atoms with Gasteiger partial charge in [-0.05, 0) is 77.7 Å². The summed E-state index contributed by atoms with van der Waals surface area (Å²) >= 11 is 0. The molecule has 172 valence electrons. The minimum Gasteiger partial charge on any atom is -0.378 e. The largest absolute Gasteiger partial charge is 0.378 e. The molecule has 0 radical (unpaired) electrons. The minimum atomic E-state index is -0.652. The van der Waals surface area contributed by atoms with Crippen molar-refractivity contribution in [1.82, 2.24) is 20.9 Å². The molecule has 3 N–H and O–H groups in total. The highest BCUT2D eigenvalue weighted by Gasteiger charge is 2.50. The van der Waals surface area contributed by atoms with Crippen LogP contribution in [0, 0.1) is 5.92 Å². The molecule has 5 fully saturated rings. The van der Waals surface area contributed by atoms with Gasteiger partial charge in [0.15, 0.2) is 0 Å². The van der Waals surface area contributed by atoms with E-state index in [0.717, 1.165) is 51.9 Å². The Balaban J connectivity index is 1.54. The molecule has 8 atom stereocenters. The zero-order valence-electron chi connectivity index (χ0n) is 19.1. The lowest BCUT2D eigenvalue weighted by Gasteiger charge is -2.50. The quantitative estimate of drug-likeness (QED) is 0.607. The predicted octanol–water partition coefficient (Wildman–Crippen LogP) is 2.95. The topological polar surface area (TPSA) is 48.6 Å². The maximum absolute atomic E-state index is 14.6. The van der Waals surface area contributed by atoms with E-state index in [-0.39, 0.29) is 17.3 Å². The number of alkyl halides is 1. The van der Waals surface area contributed by atoms with Crippen molar-refractivity contribution >= 4 is 0 Å². The molecule has 6 unspecified atom stereocenters. The summed E-state index contributed by atoms with van der Waals surface area (Å²) in [5.74, 6) is 0.334. The maximum atomic E-state index is 14.6. The van der Waals surface area contributed by atoms with E-state index in [4.69, 9.17) is 4.74 Å². The fourth-order valence-corrected chi connectivity index (χ4v) is 7.58. The van der Waals surface area contributed by atoms with Gasteiger partial charge in [0.25, 0.3) is 0 Å². The molecule has 1 saturated carbocycles. The average Bonchev–Trinajstić information content (AvgIpc) is 3.18. The third-order valence-electron chi connectivity index (χ3n) is 9.36. The predicted molar refractivity (Wildman–Crippen MR) is 118 cm³/mol. The lowest BCUT2D eigenvalue weighted by molar-refractivity contribution is -0.0832. The first-order valence-electron chi connectivity index (χ1n) is 12.8. The Kier molecular flexibility index (Phi) is 6.17. The van der Waals surface area contributed by atoms with Crippen molar-refractivity contribution in [3.05, 3.63) is 0 Å². The van der Waals surface area contributed by atoms with Crippen molar-refractivity contribution in [2.45, 2.75) is 120 Å². The summed E-state index contributed by atoms with van der Waals surface area (Å²) in [5.41, 5.74) is 0.0691. The Labute approximate surface area is 182 Å². The average molecular weight is 423 g/mol. The summed E-state index contributed by atoms with van der Waals surface area (Å²) in [6, 6.07) is 1.40. The van der Waals surface area contributed by atoms with Gasteiger partial charge in [-0.25, -0.2) is 4.39 Å². The number of nitrogens with zero attached hydrogens (tertiary/aromatic N) is 1. The van der Waals surface area contributed by atoms with Gasteiger partial charge in [0.2, 0.25) is 0 Å². The first-order valence-corrected chi connectivity index (χ1v) is 12.8. The van der Waals surface area contributed by atoms with Crippen LogP contribution >= 0.6 is 0 Å². The molecule has 0 amide bonds. The summed E-state index contributed by atoms with van der Waals surface area (Å²) in [6.07, 6.45) is 9.87. The number of nitrogens with one attached hydrogen (secondary N) is 3. The highest BCUT2D eigenvalue weighted by molar-refractivity contribution is 5.07. The molecule has 5 aliphatic rings. The fourth-order valence-electron chi connectivity index (χ4n) is 7.58. The van der Waals surface area contributed by atoms with Gasteiger partial charge < -0.3 is 15.4 Å². The van der Waals surface area contributed by atoms with Gasteiger partial charge in [-0.1, -0.05) is 6.92 Å². The third kappa shape index (κ3) is 3.85. The Hall–Kier alpha value is -0.270. The minimum absolute atomic E-state index is 0.0244. The summed E-state index contributed by atoms with van der Waals surface area (Å²) in [5, 5.41) is 12.1. The maximum Gasteiger partial charge on any atom is 0.101 e. The molecule has 4 saturated heterocycles. The first kappa shape index (κ1) is 21.6. The third-order valence-corrected chi connectivity index (χ3v) is 9.36. The number of halogens is 1. The Morgan fingerprint density at radius 2 is 2.03 bits per heavy atom. The smallest absolute Gasteiger partial charge is 0.101 e. The van der Waals surface area contributed by atoms with Crippen LogP contribution in [0.5, 0.6) is 0 Å². The fraction of sp³-hybridized carbons (Fsp3) is 1.00.